The summed E-state index contributed by atoms with van der Waals surface area (Å²) in [6, 6.07) is 6.91. The zero-order valence-corrected chi connectivity index (χ0v) is 18.6. The number of benzene rings is 1. The number of rotatable bonds is 9. The Hall–Kier alpha value is -0.249. The van der Waals surface area contributed by atoms with Gasteiger partial charge in [0.15, 0.2) is 29.3 Å². The van der Waals surface area contributed by atoms with Crippen LogP contribution in [0.15, 0.2) is 18.2 Å². The van der Waals surface area contributed by atoms with Crippen molar-refractivity contribution in [2.45, 2.75) is 59.9 Å². The first-order valence-electron chi connectivity index (χ1n) is 7.83. The lowest BCUT2D eigenvalue weighted by Gasteiger charge is -2.14. The summed E-state index contributed by atoms with van der Waals surface area (Å²) < 4.78 is 17.6. The summed E-state index contributed by atoms with van der Waals surface area (Å²) in [6.45, 7) is 12.6. The maximum Gasteiger partial charge on any atom is 0.192 e. The quantitative estimate of drug-likeness (QED) is 0.544. The van der Waals surface area contributed by atoms with E-state index in [1.165, 1.54) is 15.6 Å². The van der Waals surface area contributed by atoms with E-state index < -0.39 is 29.3 Å². The first-order valence-corrected chi connectivity index (χ1v) is 11.7. The van der Waals surface area contributed by atoms with Gasteiger partial charge in [0.2, 0.25) is 0 Å². The molecule has 0 aliphatic rings. The monoisotopic (exact) mass is 342 g/mol. The van der Waals surface area contributed by atoms with Gasteiger partial charge in [0.05, 0.1) is 0 Å². The zero-order valence-electron chi connectivity index (χ0n) is 14.3. The second kappa shape index (κ2) is 9.70. The maximum absolute atomic E-state index is 5.88. The summed E-state index contributed by atoms with van der Waals surface area (Å²) in [6.07, 6.45) is 0.950. The van der Waals surface area contributed by atoms with Crippen LogP contribution < -0.4 is 15.6 Å². The normalized spacial score (nSPS) is 13.6. The lowest BCUT2D eigenvalue weighted by molar-refractivity contribution is 0.260. The second-order valence-electron chi connectivity index (χ2n) is 6.24. The predicted octanol–water partition coefficient (Wildman–Crippen LogP) is -0.911. The highest BCUT2D eigenvalue weighted by molar-refractivity contribution is 6.55. The average Bonchev–Trinajstić information content (AvgIpc) is 2.40. The van der Waals surface area contributed by atoms with Crippen LogP contribution in [-0.4, -0.2) is 47.6 Å². The zero-order chi connectivity index (χ0) is 15.8. The summed E-state index contributed by atoms with van der Waals surface area (Å²) >= 11 is 0. The van der Waals surface area contributed by atoms with Gasteiger partial charge in [-0.25, -0.2) is 0 Å². The summed E-state index contributed by atoms with van der Waals surface area (Å²) in [5, 5.41) is 4.16. The second-order valence-corrected chi connectivity index (χ2v) is 10.6. The van der Waals surface area contributed by atoms with Gasteiger partial charge < -0.3 is 13.3 Å². The molecule has 0 radical (unpaired) electrons. The number of hydrogen-bond donors (Lipinski definition) is 0. The van der Waals surface area contributed by atoms with Gasteiger partial charge in [0, 0.05) is 18.3 Å². The molecule has 0 aliphatic carbocycles. The van der Waals surface area contributed by atoms with E-state index in [-0.39, 0.29) is 0 Å². The Balaban J connectivity index is 2.79. The molecule has 0 saturated heterocycles. The predicted molar refractivity (Wildman–Crippen MR) is 99.6 cm³/mol. The molecule has 1 rings (SSSR count). The van der Waals surface area contributed by atoms with Crippen molar-refractivity contribution in [2.24, 2.45) is 0 Å². The van der Waals surface area contributed by atoms with Crippen molar-refractivity contribution < 1.29 is 13.3 Å². The van der Waals surface area contributed by atoms with Crippen LogP contribution in [0.3, 0.4) is 0 Å². The maximum atomic E-state index is 5.88. The topological polar surface area (TPSA) is 27.7 Å². The molecule has 1 aromatic rings. The molecular weight excluding hydrogens is 312 g/mol. The van der Waals surface area contributed by atoms with E-state index in [4.69, 9.17) is 13.3 Å². The fraction of sp³-hybridized carbons (Fsp3) is 0.600. The molecule has 0 heterocycles. The van der Waals surface area contributed by atoms with Crippen molar-refractivity contribution in [1.82, 2.24) is 0 Å². The molecule has 1 aromatic carbocycles. The minimum atomic E-state index is -0.641. The molecule has 0 fully saturated rings. The molecule has 0 saturated carbocycles. The highest BCUT2D eigenvalue weighted by Crippen LogP contribution is 1.90. The first-order chi connectivity index (χ1) is 9.86. The molecule has 0 atom stereocenters. The molecule has 0 aliphatic heterocycles. The van der Waals surface area contributed by atoms with Crippen molar-refractivity contribution in [3.8, 4) is 0 Å². The molecular formula is C15H30O3Si3. The SMILES string of the molecule is CC(C)O[SiH2]c1cc([SiH2]OC(C)C)cc([SiH2]OC(C)C)c1. The standard InChI is InChI=1S/C15H30O3Si3/c1-10(2)16-19-13-7-14(20-17-11(3)4)9-15(8-13)21-18-12(5)6/h7-12H,19-21H2,1-6H3. The minimum Gasteiger partial charge on any atom is -0.416 e. The Morgan fingerprint density at radius 1 is 0.571 bits per heavy atom. The Kier molecular flexibility index (Phi) is 8.69. The Morgan fingerprint density at radius 2 is 0.810 bits per heavy atom. The van der Waals surface area contributed by atoms with E-state index >= 15 is 0 Å². The largest absolute Gasteiger partial charge is 0.416 e. The molecule has 6 heteroatoms. The van der Waals surface area contributed by atoms with Crippen LogP contribution in [0.2, 0.25) is 0 Å². The van der Waals surface area contributed by atoms with Gasteiger partial charge in [-0.2, -0.15) is 0 Å². The van der Waals surface area contributed by atoms with Gasteiger partial charge in [-0.05, 0) is 57.1 Å². The Labute approximate surface area is 136 Å². The van der Waals surface area contributed by atoms with E-state index in [1.807, 2.05) is 0 Å². The molecule has 21 heavy (non-hydrogen) atoms. The van der Waals surface area contributed by atoms with Gasteiger partial charge in [0.25, 0.3) is 0 Å². The molecule has 0 N–H and O–H groups in total. The molecule has 0 unspecified atom stereocenters. The van der Waals surface area contributed by atoms with Gasteiger partial charge in [-0.3, -0.25) is 0 Å². The van der Waals surface area contributed by atoms with Gasteiger partial charge in [-0.15, -0.1) is 0 Å². The van der Waals surface area contributed by atoms with E-state index in [0.717, 1.165) is 0 Å². The van der Waals surface area contributed by atoms with Crippen molar-refractivity contribution >= 4 is 44.8 Å². The molecule has 0 spiro atoms. The van der Waals surface area contributed by atoms with Gasteiger partial charge in [0.1, 0.15) is 0 Å². The van der Waals surface area contributed by atoms with Crippen LogP contribution in [-0.2, 0) is 13.3 Å². The van der Waals surface area contributed by atoms with Crippen molar-refractivity contribution in [3.63, 3.8) is 0 Å². The van der Waals surface area contributed by atoms with E-state index in [9.17, 15) is 0 Å². The van der Waals surface area contributed by atoms with Crippen LogP contribution in [0.25, 0.3) is 0 Å². The van der Waals surface area contributed by atoms with Gasteiger partial charge in [-0.1, -0.05) is 18.2 Å². The van der Waals surface area contributed by atoms with Gasteiger partial charge >= 0.3 is 0 Å². The lowest BCUT2D eigenvalue weighted by atomic mass is 10.4. The van der Waals surface area contributed by atoms with Crippen LogP contribution in [0, 0.1) is 0 Å². The minimum absolute atomic E-state index is 0.317. The third kappa shape index (κ3) is 8.70. The van der Waals surface area contributed by atoms with Crippen molar-refractivity contribution in [1.29, 1.82) is 0 Å². The fourth-order valence-corrected chi connectivity index (χ4v) is 6.39. The smallest absolute Gasteiger partial charge is 0.192 e. The molecule has 0 bridgehead atoms. The van der Waals surface area contributed by atoms with Crippen LogP contribution in [0.5, 0.6) is 0 Å². The summed E-state index contributed by atoms with van der Waals surface area (Å²) in [5.41, 5.74) is 0. The highest BCUT2D eigenvalue weighted by atomic mass is 28.2. The van der Waals surface area contributed by atoms with Crippen LogP contribution >= 0.6 is 0 Å². The van der Waals surface area contributed by atoms with Crippen LogP contribution in [0.1, 0.15) is 41.5 Å². The van der Waals surface area contributed by atoms with Crippen LogP contribution in [0.4, 0.5) is 0 Å². The molecule has 0 aromatic heterocycles. The third-order valence-corrected chi connectivity index (χ3v) is 7.59. The lowest BCUT2D eigenvalue weighted by Crippen LogP contribution is -2.36. The Bertz CT molecular complexity index is 348. The molecule has 120 valence electrons. The van der Waals surface area contributed by atoms with Crippen molar-refractivity contribution in [3.05, 3.63) is 18.2 Å². The van der Waals surface area contributed by atoms with E-state index in [1.54, 1.807) is 0 Å². The number of hydrogen-bond acceptors (Lipinski definition) is 3. The van der Waals surface area contributed by atoms with Crippen molar-refractivity contribution in [2.75, 3.05) is 0 Å². The van der Waals surface area contributed by atoms with E-state index in [0.29, 0.717) is 18.3 Å². The summed E-state index contributed by atoms with van der Waals surface area (Å²) in [7, 11) is -1.92. The molecule has 3 nitrogen and oxygen atoms in total. The molecule has 0 amide bonds. The highest BCUT2D eigenvalue weighted by Gasteiger charge is 2.07. The average molecular weight is 343 g/mol. The van der Waals surface area contributed by atoms with E-state index in [2.05, 4.69) is 59.7 Å². The third-order valence-electron chi connectivity index (χ3n) is 2.86. The summed E-state index contributed by atoms with van der Waals surface area (Å²) in [5.74, 6) is 0. The first kappa shape index (κ1) is 18.8. The summed E-state index contributed by atoms with van der Waals surface area (Å²) in [4.78, 5) is 0. The fourth-order valence-electron chi connectivity index (χ4n) is 1.88. The Morgan fingerprint density at radius 3 is 1.00 bits per heavy atom.